The first-order valence-corrected chi connectivity index (χ1v) is 7.19. The smallest absolute Gasteiger partial charge is 0.144 e. The van der Waals surface area contributed by atoms with E-state index in [-0.39, 0.29) is 6.04 Å². The Balaban J connectivity index is 2.12. The van der Waals surface area contributed by atoms with Crippen molar-refractivity contribution in [3.8, 4) is 5.75 Å². The lowest BCUT2D eigenvalue weighted by molar-refractivity contribution is 0.342. The minimum absolute atomic E-state index is 0.164. The summed E-state index contributed by atoms with van der Waals surface area (Å²) in [7, 11) is 0. The minimum atomic E-state index is 0.164. The second kappa shape index (κ2) is 5.93. The molecule has 1 heterocycles. The molecule has 1 aromatic heterocycles. The van der Waals surface area contributed by atoms with E-state index in [0.29, 0.717) is 12.3 Å². The van der Waals surface area contributed by atoms with Gasteiger partial charge in [-0.3, -0.25) is 0 Å². The van der Waals surface area contributed by atoms with Crippen molar-refractivity contribution in [3.05, 3.63) is 34.3 Å². The molecular formula is C14H19N3OS. The Morgan fingerprint density at radius 2 is 2.26 bits per heavy atom. The van der Waals surface area contributed by atoms with E-state index in [4.69, 9.17) is 10.5 Å². The second-order valence-corrected chi connectivity index (χ2v) is 5.27. The zero-order valence-corrected chi connectivity index (χ0v) is 12.3. The van der Waals surface area contributed by atoms with Gasteiger partial charge in [0.05, 0.1) is 18.3 Å². The van der Waals surface area contributed by atoms with Gasteiger partial charge in [0.25, 0.3) is 0 Å². The normalized spacial score (nSPS) is 12.2. The van der Waals surface area contributed by atoms with Crippen LogP contribution < -0.4 is 15.8 Å². The van der Waals surface area contributed by atoms with Crippen LogP contribution in [0.15, 0.2) is 23.6 Å². The molecule has 0 spiro atoms. The number of rotatable bonds is 5. The van der Waals surface area contributed by atoms with Gasteiger partial charge < -0.3 is 15.8 Å². The Morgan fingerprint density at radius 1 is 1.47 bits per heavy atom. The average molecular weight is 277 g/mol. The molecule has 0 bridgehead atoms. The van der Waals surface area contributed by atoms with E-state index < -0.39 is 0 Å². The van der Waals surface area contributed by atoms with Gasteiger partial charge in [-0.1, -0.05) is 0 Å². The van der Waals surface area contributed by atoms with Crippen molar-refractivity contribution in [2.24, 2.45) is 0 Å². The molecule has 0 fully saturated rings. The van der Waals surface area contributed by atoms with Crippen LogP contribution >= 0.6 is 11.3 Å². The summed E-state index contributed by atoms with van der Waals surface area (Å²) >= 11 is 1.66. The average Bonchev–Trinajstić information content (AvgIpc) is 2.80. The molecule has 0 amide bonds. The quantitative estimate of drug-likeness (QED) is 0.820. The van der Waals surface area contributed by atoms with Gasteiger partial charge in [0.15, 0.2) is 0 Å². The van der Waals surface area contributed by atoms with E-state index in [2.05, 4.69) is 22.6 Å². The van der Waals surface area contributed by atoms with Crippen LogP contribution in [0.1, 0.15) is 30.6 Å². The van der Waals surface area contributed by atoms with Crippen molar-refractivity contribution >= 4 is 22.7 Å². The topological polar surface area (TPSA) is 60.2 Å². The van der Waals surface area contributed by atoms with Crippen molar-refractivity contribution in [2.75, 3.05) is 17.7 Å². The van der Waals surface area contributed by atoms with Crippen LogP contribution in [0.3, 0.4) is 0 Å². The number of benzene rings is 1. The molecule has 0 aliphatic heterocycles. The summed E-state index contributed by atoms with van der Waals surface area (Å²) < 4.78 is 5.49. The van der Waals surface area contributed by atoms with Crippen LogP contribution in [0.2, 0.25) is 0 Å². The number of hydrogen-bond acceptors (Lipinski definition) is 5. The summed E-state index contributed by atoms with van der Waals surface area (Å²) in [5.41, 5.74) is 8.56. The summed E-state index contributed by atoms with van der Waals surface area (Å²) in [6.45, 7) is 6.65. The van der Waals surface area contributed by atoms with Gasteiger partial charge in [-0.2, -0.15) is 0 Å². The largest absolute Gasteiger partial charge is 0.492 e. The molecule has 0 saturated carbocycles. The number of anilines is 2. The molecule has 0 radical (unpaired) electrons. The molecule has 4 nitrogen and oxygen atoms in total. The third-order valence-electron chi connectivity index (χ3n) is 2.70. The van der Waals surface area contributed by atoms with Crippen molar-refractivity contribution in [1.29, 1.82) is 0 Å². The number of hydrogen-bond donors (Lipinski definition) is 2. The Bertz CT molecular complexity index is 553. The van der Waals surface area contributed by atoms with Gasteiger partial charge in [0.1, 0.15) is 10.8 Å². The lowest BCUT2D eigenvalue weighted by Gasteiger charge is -2.15. The van der Waals surface area contributed by atoms with E-state index in [1.54, 1.807) is 11.3 Å². The Kier molecular flexibility index (Phi) is 4.27. The predicted molar refractivity (Wildman–Crippen MR) is 80.9 cm³/mol. The van der Waals surface area contributed by atoms with Crippen LogP contribution in [-0.4, -0.2) is 11.6 Å². The van der Waals surface area contributed by atoms with Crippen molar-refractivity contribution < 1.29 is 4.74 Å². The number of nitrogen functional groups attached to an aromatic ring is 1. The monoisotopic (exact) mass is 277 g/mol. The highest BCUT2D eigenvalue weighted by molar-refractivity contribution is 7.09. The number of thiazole rings is 1. The van der Waals surface area contributed by atoms with Gasteiger partial charge in [0.2, 0.25) is 0 Å². The molecule has 0 saturated heterocycles. The van der Waals surface area contributed by atoms with Gasteiger partial charge in [-0.05, 0) is 32.9 Å². The molecule has 102 valence electrons. The van der Waals surface area contributed by atoms with E-state index in [0.717, 1.165) is 22.1 Å². The first kappa shape index (κ1) is 13.7. The summed E-state index contributed by atoms with van der Waals surface area (Å²) in [5.74, 6) is 0.718. The number of nitrogens with two attached hydrogens (primary N) is 1. The standard InChI is InChI=1S/C14H19N3OS/c1-4-18-13-7-11(5-6-12(13)15)17-10(3)14-16-9(2)8-19-14/h5-8,10,17H,4,15H2,1-3H3. The fourth-order valence-electron chi connectivity index (χ4n) is 1.79. The molecule has 1 atom stereocenters. The maximum atomic E-state index is 5.86. The molecule has 19 heavy (non-hydrogen) atoms. The zero-order chi connectivity index (χ0) is 13.8. The van der Waals surface area contributed by atoms with Gasteiger partial charge in [-0.15, -0.1) is 11.3 Å². The van der Waals surface area contributed by atoms with E-state index in [9.17, 15) is 0 Å². The first-order valence-electron chi connectivity index (χ1n) is 6.31. The molecule has 3 N–H and O–H groups in total. The molecule has 0 aliphatic rings. The van der Waals surface area contributed by atoms with Crippen LogP contribution in [0, 0.1) is 6.92 Å². The van der Waals surface area contributed by atoms with Crippen molar-refractivity contribution in [1.82, 2.24) is 4.98 Å². The molecule has 1 aromatic carbocycles. The van der Waals surface area contributed by atoms with Gasteiger partial charge in [0, 0.05) is 22.8 Å². The van der Waals surface area contributed by atoms with Crippen LogP contribution in [0.5, 0.6) is 5.75 Å². The minimum Gasteiger partial charge on any atom is -0.492 e. The van der Waals surface area contributed by atoms with Gasteiger partial charge in [-0.25, -0.2) is 4.98 Å². The zero-order valence-electron chi connectivity index (χ0n) is 11.4. The van der Waals surface area contributed by atoms with Crippen molar-refractivity contribution in [3.63, 3.8) is 0 Å². The molecule has 2 aromatic rings. The Morgan fingerprint density at radius 3 is 2.89 bits per heavy atom. The fourth-order valence-corrected chi connectivity index (χ4v) is 2.59. The predicted octanol–water partition coefficient (Wildman–Crippen LogP) is 3.61. The summed E-state index contributed by atoms with van der Waals surface area (Å²) in [6, 6.07) is 5.90. The number of ether oxygens (including phenoxy) is 1. The third kappa shape index (κ3) is 3.38. The number of nitrogens with one attached hydrogen (secondary N) is 1. The Labute approximate surface area is 117 Å². The summed E-state index contributed by atoms with van der Waals surface area (Å²) in [4.78, 5) is 4.48. The molecular weight excluding hydrogens is 258 g/mol. The molecule has 0 aliphatic carbocycles. The lowest BCUT2D eigenvalue weighted by atomic mass is 10.2. The second-order valence-electron chi connectivity index (χ2n) is 4.38. The first-order chi connectivity index (χ1) is 9.10. The van der Waals surface area contributed by atoms with E-state index >= 15 is 0 Å². The van der Waals surface area contributed by atoms with Crippen LogP contribution in [0.25, 0.3) is 0 Å². The lowest BCUT2D eigenvalue weighted by Crippen LogP contribution is -2.07. The van der Waals surface area contributed by atoms with Crippen molar-refractivity contribution in [2.45, 2.75) is 26.8 Å². The number of aryl methyl sites for hydroxylation is 1. The Hall–Kier alpha value is -1.75. The molecule has 5 heteroatoms. The molecule has 2 rings (SSSR count). The summed E-state index contributed by atoms with van der Waals surface area (Å²) in [5, 5.41) is 6.54. The fraction of sp³-hybridized carbons (Fsp3) is 0.357. The maximum Gasteiger partial charge on any atom is 0.144 e. The number of nitrogens with zero attached hydrogens (tertiary/aromatic N) is 1. The highest BCUT2D eigenvalue weighted by Gasteiger charge is 2.10. The third-order valence-corrected chi connectivity index (χ3v) is 3.85. The SMILES string of the molecule is CCOc1cc(NC(C)c2nc(C)cs2)ccc1N. The highest BCUT2D eigenvalue weighted by Crippen LogP contribution is 2.28. The summed E-state index contributed by atoms with van der Waals surface area (Å²) in [6.07, 6.45) is 0. The van der Waals surface area contributed by atoms with Crippen LogP contribution in [0.4, 0.5) is 11.4 Å². The van der Waals surface area contributed by atoms with Crippen LogP contribution in [-0.2, 0) is 0 Å². The molecule has 1 unspecified atom stereocenters. The van der Waals surface area contributed by atoms with E-state index in [1.807, 2.05) is 32.0 Å². The highest BCUT2D eigenvalue weighted by atomic mass is 32.1. The maximum absolute atomic E-state index is 5.86. The number of aromatic nitrogens is 1. The van der Waals surface area contributed by atoms with E-state index in [1.165, 1.54) is 0 Å². The van der Waals surface area contributed by atoms with Gasteiger partial charge >= 0.3 is 0 Å².